The number of esters is 2. The van der Waals surface area contributed by atoms with Crippen LogP contribution in [-0.4, -0.2) is 25.2 Å². The Hall–Kier alpha value is -5.14. The predicted molar refractivity (Wildman–Crippen MR) is 142 cm³/mol. The number of carbonyl (C=O) groups excluding carboxylic acids is 2. The van der Waals surface area contributed by atoms with Gasteiger partial charge < -0.3 is 14.4 Å². The van der Waals surface area contributed by atoms with Gasteiger partial charge in [-0.3, -0.25) is 0 Å². The molecule has 0 unspecified atom stereocenters. The Morgan fingerprint density at radius 2 is 1.05 bits per heavy atom. The Morgan fingerprint density at radius 1 is 0.676 bits per heavy atom. The molecule has 3 rings (SSSR count). The van der Waals surface area contributed by atoms with E-state index in [4.69, 9.17) is 9.47 Å². The summed E-state index contributed by atoms with van der Waals surface area (Å²) in [4.78, 5) is 25.9. The number of rotatable bonds is 9. The van der Waals surface area contributed by atoms with Crippen molar-refractivity contribution < 1.29 is 19.1 Å². The fraction of sp³-hybridized carbons (Fsp3) is 0.133. The zero-order valence-electron chi connectivity index (χ0n) is 20.5. The minimum absolute atomic E-state index is 0.0716. The molecule has 0 aliphatic rings. The largest absolute Gasteiger partial charge is 0.462 e. The van der Waals surface area contributed by atoms with Crippen LogP contribution in [-0.2, 0) is 19.1 Å². The van der Waals surface area contributed by atoms with E-state index in [-0.39, 0.29) is 24.4 Å². The molecule has 0 saturated heterocycles. The van der Waals surface area contributed by atoms with Gasteiger partial charge in [0.05, 0.1) is 13.2 Å². The monoisotopic (exact) mass is 491 g/mol. The van der Waals surface area contributed by atoms with Crippen LogP contribution in [0.5, 0.6) is 0 Å². The lowest BCUT2D eigenvalue weighted by atomic mass is 10.1. The highest BCUT2D eigenvalue weighted by molar-refractivity contribution is 5.98. The van der Waals surface area contributed by atoms with Crippen molar-refractivity contribution in [3.63, 3.8) is 0 Å². The third-order valence-electron chi connectivity index (χ3n) is 5.17. The number of anilines is 3. The fourth-order valence-corrected chi connectivity index (χ4v) is 3.49. The molecule has 0 spiro atoms. The van der Waals surface area contributed by atoms with Gasteiger partial charge in [-0.1, -0.05) is 42.5 Å². The molecule has 3 aromatic carbocycles. The Morgan fingerprint density at radius 3 is 1.41 bits per heavy atom. The first-order chi connectivity index (χ1) is 18.0. The zero-order chi connectivity index (χ0) is 26.6. The molecule has 0 aliphatic carbocycles. The number of hydrogen-bond donors (Lipinski definition) is 0. The van der Waals surface area contributed by atoms with Gasteiger partial charge in [0.1, 0.15) is 23.3 Å². The Labute approximate surface area is 216 Å². The van der Waals surface area contributed by atoms with Gasteiger partial charge in [-0.15, -0.1) is 0 Å². The molecule has 0 N–H and O–H groups in total. The average Bonchev–Trinajstić information content (AvgIpc) is 2.93. The van der Waals surface area contributed by atoms with Crippen LogP contribution in [0.25, 0.3) is 12.2 Å². The van der Waals surface area contributed by atoms with Gasteiger partial charge in [-0.2, -0.15) is 10.5 Å². The molecular formula is C30H25N3O4. The van der Waals surface area contributed by atoms with Crippen LogP contribution < -0.4 is 4.90 Å². The van der Waals surface area contributed by atoms with Crippen molar-refractivity contribution in [3.8, 4) is 12.1 Å². The van der Waals surface area contributed by atoms with Gasteiger partial charge >= 0.3 is 11.9 Å². The second-order valence-electron chi connectivity index (χ2n) is 7.63. The van der Waals surface area contributed by atoms with E-state index < -0.39 is 11.9 Å². The van der Waals surface area contributed by atoms with Crippen LogP contribution in [0.3, 0.4) is 0 Å². The first-order valence-corrected chi connectivity index (χ1v) is 11.6. The van der Waals surface area contributed by atoms with Gasteiger partial charge in [0.2, 0.25) is 0 Å². The summed E-state index contributed by atoms with van der Waals surface area (Å²) in [5, 5.41) is 18.6. The van der Waals surface area contributed by atoms with Crippen molar-refractivity contribution in [2.45, 2.75) is 13.8 Å². The molecule has 3 aromatic rings. The maximum Gasteiger partial charge on any atom is 0.348 e. The molecule has 0 aromatic heterocycles. The normalized spacial score (nSPS) is 11.1. The summed E-state index contributed by atoms with van der Waals surface area (Å²) in [7, 11) is 0. The molecule has 0 saturated carbocycles. The molecule has 7 nitrogen and oxygen atoms in total. The van der Waals surface area contributed by atoms with Gasteiger partial charge in [-0.05, 0) is 73.5 Å². The van der Waals surface area contributed by atoms with Gasteiger partial charge in [0.15, 0.2) is 0 Å². The molecule has 0 heterocycles. The molecular weight excluding hydrogens is 466 g/mol. The smallest absolute Gasteiger partial charge is 0.348 e. The molecule has 0 radical (unpaired) electrons. The van der Waals surface area contributed by atoms with E-state index in [9.17, 15) is 20.1 Å². The second-order valence-corrected chi connectivity index (χ2v) is 7.63. The molecule has 0 amide bonds. The number of hydrogen-bond acceptors (Lipinski definition) is 7. The van der Waals surface area contributed by atoms with Crippen molar-refractivity contribution in [2.24, 2.45) is 0 Å². The van der Waals surface area contributed by atoms with Crippen LogP contribution in [0.15, 0.2) is 90.0 Å². The number of para-hydroxylation sites is 1. The number of ether oxygens (including phenoxy) is 2. The summed E-state index contributed by atoms with van der Waals surface area (Å²) >= 11 is 0. The van der Waals surface area contributed by atoms with E-state index in [1.165, 1.54) is 12.2 Å². The van der Waals surface area contributed by atoms with Crippen molar-refractivity contribution in [3.05, 3.63) is 101 Å². The Kier molecular flexibility index (Phi) is 9.36. The Bertz CT molecular complexity index is 1290. The van der Waals surface area contributed by atoms with Crippen LogP contribution in [0.1, 0.15) is 25.0 Å². The van der Waals surface area contributed by atoms with E-state index in [2.05, 4.69) is 0 Å². The van der Waals surface area contributed by atoms with Crippen LogP contribution in [0, 0.1) is 22.7 Å². The lowest BCUT2D eigenvalue weighted by molar-refractivity contribution is -0.138. The van der Waals surface area contributed by atoms with Crippen molar-refractivity contribution in [1.29, 1.82) is 10.5 Å². The third kappa shape index (κ3) is 6.94. The predicted octanol–water partition coefficient (Wildman–Crippen LogP) is 6.10. The molecule has 0 atom stereocenters. The van der Waals surface area contributed by atoms with Gasteiger partial charge in [-0.25, -0.2) is 9.59 Å². The van der Waals surface area contributed by atoms with Gasteiger partial charge in [0.25, 0.3) is 0 Å². The second kappa shape index (κ2) is 13.1. The van der Waals surface area contributed by atoms with Crippen LogP contribution >= 0.6 is 0 Å². The molecule has 184 valence electrons. The molecule has 37 heavy (non-hydrogen) atoms. The van der Waals surface area contributed by atoms with Gasteiger partial charge in [0, 0.05) is 17.1 Å². The number of benzene rings is 3. The highest BCUT2D eigenvalue weighted by atomic mass is 16.5. The lowest BCUT2D eigenvalue weighted by Crippen LogP contribution is -2.10. The summed E-state index contributed by atoms with van der Waals surface area (Å²) in [6.45, 7) is 3.76. The summed E-state index contributed by atoms with van der Waals surface area (Å²) in [6, 6.07) is 28.4. The van der Waals surface area contributed by atoms with E-state index in [1.54, 1.807) is 13.8 Å². The maximum atomic E-state index is 11.9. The number of nitrogens with zero attached hydrogens (tertiary/aromatic N) is 3. The standard InChI is InChI=1S/C30H25N3O4/c1-3-36-29(34)24(20-31)18-22-10-14-27(15-11-22)33(26-8-6-5-7-9-26)28-16-12-23(13-17-28)19-25(21-32)30(35)37-4-2/h5-19H,3-4H2,1-2H3/b24-18+,25-19+. The minimum Gasteiger partial charge on any atom is -0.462 e. The summed E-state index contributed by atoms with van der Waals surface area (Å²) in [6.07, 6.45) is 2.98. The molecule has 0 fully saturated rings. The van der Waals surface area contributed by atoms with E-state index >= 15 is 0 Å². The SMILES string of the molecule is CCOC(=O)/C(C#N)=C/c1ccc(N(c2ccccc2)c2ccc(/C=C(\C#N)C(=O)OCC)cc2)cc1. The van der Waals surface area contributed by atoms with Crippen molar-refractivity contribution >= 4 is 41.2 Å². The fourth-order valence-electron chi connectivity index (χ4n) is 3.49. The van der Waals surface area contributed by atoms with Crippen molar-refractivity contribution in [1.82, 2.24) is 0 Å². The van der Waals surface area contributed by atoms with Crippen molar-refractivity contribution in [2.75, 3.05) is 18.1 Å². The van der Waals surface area contributed by atoms with E-state index in [1.807, 2.05) is 95.9 Å². The lowest BCUT2D eigenvalue weighted by Gasteiger charge is -2.25. The Balaban J connectivity index is 1.96. The quantitative estimate of drug-likeness (QED) is 0.202. The van der Waals surface area contributed by atoms with E-state index in [0.717, 1.165) is 17.1 Å². The first kappa shape index (κ1) is 26.5. The van der Waals surface area contributed by atoms with Crippen LogP contribution in [0.4, 0.5) is 17.1 Å². The first-order valence-electron chi connectivity index (χ1n) is 11.6. The topological polar surface area (TPSA) is 103 Å². The molecule has 7 heteroatoms. The molecule has 0 bridgehead atoms. The minimum atomic E-state index is -0.656. The van der Waals surface area contributed by atoms with Crippen LogP contribution in [0.2, 0.25) is 0 Å². The summed E-state index contributed by atoms with van der Waals surface area (Å²) in [5.41, 5.74) is 3.85. The third-order valence-corrected chi connectivity index (χ3v) is 5.17. The highest BCUT2D eigenvalue weighted by Crippen LogP contribution is 2.34. The highest BCUT2D eigenvalue weighted by Gasteiger charge is 2.14. The maximum absolute atomic E-state index is 11.9. The van der Waals surface area contributed by atoms with E-state index in [0.29, 0.717) is 11.1 Å². The number of nitriles is 2. The molecule has 0 aliphatic heterocycles. The average molecular weight is 492 g/mol. The number of carbonyl (C=O) groups is 2. The summed E-state index contributed by atoms with van der Waals surface area (Å²) in [5.74, 6) is -1.31. The zero-order valence-corrected chi connectivity index (χ0v) is 20.5. The summed E-state index contributed by atoms with van der Waals surface area (Å²) < 4.78 is 9.85.